The minimum atomic E-state index is -0.339. The molecule has 2 aliphatic rings. The van der Waals surface area contributed by atoms with E-state index in [0.717, 1.165) is 28.6 Å². The summed E-state index contributed by atoms with van der Waals surface area (Å²) in [6.07, 6.45) is 4.21. The van der Waals surface area contributed by atoms with Crippen LogP contribution in [0, 0.1) is 19.7 Å². The lowest BCUT2D eigenvalue weighted by Crippen LogP contribution is -2.27. The van der Waals surface area contributed by atoms with Crippen LogP contribution in [0.5, 0.6) is 0 Å². The van der Waals surface area contributed by atoms with Crippen molar-refractivity contribution in [2.75, 3.05) is 0 Å². The first-order valence-corrected chi connectivity index (χ1v) is 9.44. The molecule has 2 fully saturated rings. The zero-order valence-electron chi connectivity index (χ0n) is 14.7. The maximum absolute atomic E-state index is 13.0. The first kappa shape index (κ1) is 17.1. The molecule has 0 atom stereocenters. The average Bonchev–Trinajstić information content (AvgIpc) is 3.34. The minimum Gasteiger partial charge on any atom is -0.346 e. The van der Waals surface area contributed by atoms with Crippen molar-refractivity contribution in [1.82, 2.24) is 9.47 Å². The number of thioether (sulfide) groups is 1. The van der Waals surface area contributed by atoms with Crippen molar-refractivity contribution >= 4 is 29.0 Å². The molecule has 4 rings (SSSR count). The van der Waals surface area contributed by atoms with Crippen LogP contribution < -0.4 is 0 Å². The number of carbonyl (C=O) groups excluding carboxylic acids is 2. The molecule has 0 bridgehead atoms. The number of imide groups is 1. The number of hydrogen-bond acceptors (Lipinski definition) is 3. The molecule has 134 valence electrons. The third kappa shape index (κ3) is 3.09. The Bertz CT molecular complexity index is 926. The summed E-state index contributed by atoms with van der Waals surface area (Å²) in [5.74, 6) is -0.630. The fourth-order valence-electron chi connectivity index (χ4n) is 3.39. The van der Waals surface area contributed by atoms with Crippen LogP contribution in [0.3, 0.4) is 0 Å². The molecular formula is C20H19FN2O2S. The molecule has 2 aromatic rings. The number of carbonyl (C=O) groups is 2. The van der Waals surface area contributed by atoms with Gasteiger partial charge in [0.05, 0.1) is 11.4 Å². The van der Waals surface area contributed by atoms with E-state index >= 15 is 0 Å². The highest BCUT2D eigenvalue weighted by Crippen LogP contribution is 2.40. The summed E-state index contributed by atoms with van der Waals surface area (Å²) >= 11 is 0.962. The van der Waals surface area contributed by atoms with Crippen molar-refractivity contribution in [1.29, 1.82) is 0 Å². The Balaban J connectivity index is 1.58. The van der Waals surface area contributed by atoms with Crippen molar-refractivity contribution < 1.29 is 14.0 Å². The van der Waals surface area contributed by atoms with Crippen LogP contribution in [0.4, 0.5) is 9.18 Å². The summed E-state index contributed by atoms with van der Waals surface area (Å²) in [7, 11) is 0. The van der Waals surface area contributed by atoms with Gasteiger partial charge in [-0.3, -0.25) is 14.5 Å². The molecular weight excluding hydrogens is 351 g/mol. The lowest BCUT2D eigenvalue weighted by Gasteiger charge is -2.12. The van der Waals surface area contributed by atoms with Crippen LogP contribution in [-0.2, 0) is 11.3 Å². The van der Waals surface area contributed by atoms with Gasteiger partial charge in [0.25, 0.3) is 11.1 Å². The third-order valence-electron chi connectivity index (χ3n) is 4.85. The van der Waals surface area contributed by atoms with Gasteiger partial charge in [-0.25, -0.2) is 4.39 Å². The number of halogens is 1. The van der Waals surface area contributed by atoms with Gasteiger partial charge in [-0.1, -0.05) is 12.1 Å². The topological polar surface area (TPSA) is 42.3 Å². The normalized spacial score (nSPS) is 19.0. The molecule has 1 aliphatic carbocycles. The number of aromatic nitrogens is 1. The predicted octanol–water partition coefficient (Wildman–Crippen LogP) is 4.82. The smallest absolute Gasteiger partial charge is 0.293 e. The molecule has 2 amide bonds. The Labute approximate surface area is 155 Å². The summed E-state index contributed by atoms with van der Waals surface area (Å²) in [6.45, 7) is 4.28. The van der Waals surface area contributed by atoms with Crippen molar-refractivity contribution in [3.63, 3.8) is 0 Å². The summed E-state index contributed by atoms with van der Waals surface area (Å²) in [5, 5.41) is -0.290. The van der Waals surface area contributed by atoms with Gasteiger partial charge in [-0.05, 0) is 73.9 Å². The van der Waals surface area contributed by atoms with E-state index < -0.39 is 0 Å². The van der Waals surface area contributed by atoms with Gasteiger partial charge < -0.3 is 4.57 Å². The van der Waals surface area contributed by atoms with Crippen LogP contribution in [0.25, 0.3) is 6.08 Å². The Morgan fingerprint density at radius 1 is 1.19 bits per heavy atom. The zero-order valence-corrected chi connectivity index (χ0v) is 15.5. The molecule has 6 heteroatoms. The molecule has 2 heterocycles. The average molecular weight is 370 g/mol. The van der Waals surface area contributed by atoms with Crippen molar-refractivity contribution in [2.24, 2.45) is 0 Å². The van der Waals surface area contributed by atoms with Crippen LogP contribution in [0.2, 0.25) is 0 Å². The van der Waals surface area contributed by atoms with E-state index in [9.17, 15) is 14.0 Å². The lowest BCUT2D eigenvalue weighted by molar-refractivity contribution is -0.123. The first-order valence-electron chi connectivity index (χ1n) is 8.62. The number of rotatable bonds is 4. The second-order valence-electron chi connectivity index (χ2n) is 6.82. The number of hydrogen-bond donors (Lipinski definition) is 0. The van der Waals surface area contributed by atoms with E-state index in [4.69, 9.17) is 0 Å². The molecule has 1 aromatic heterocycles. The van der Waals surface area contributed by atoms with Gasteiger partial charge in [0.1, 0.15) is 5.82 Å². The Kier molecular flexibility index (Phi) is 4.23. The highest BCUT2D eigenvalue weighted by atomic mass is 32.2. The molecule has 1 saturated heterocycles. The maximum Gasteiger partial charge on any atom is 0.293 e. The fraction of sp³-hybridized carbons (Fsp3) is 0.300. The highest BCUT2D eigenvalue weighted by Gasteiger charge is 2.35. The SMILES string of the molecule is Cc1cc(/C=C2\SC(=O)N(Cc3ccc(F)cc3)C2=O)c(C)n1C1CC1. The van der Waals surface area contributed by atoms with Crippen LogP contribution >= 0.6 is 11.8 Å². The molecule has 1 saturated carbocycles. The summed E-state index contributed by atoms with van der Waals surface area (Å²) in [5.41, 5.74) is 4.03. The minimum absolute atomic E-state index is 0.156. The summed E-state index contributed by atoms with van der Waals surface area (Å²) < 4.78 is 15.3. The van der Waals surface area contributed by atoms with Gasteiger partial charge in [0, 0.05) is 17.4 Å². The Morgan fingerprint density at radius 3 is 2.54 bits per heavy atom. The van der Waals surface area contributed by atoms with E-state index in [1.165, 1.54) is 35.6 Å². The number of nitrogens with zero attached hydrogens (tertiary/aromatic N) is 2. The van der Waals surface area contributed by atoms with E-state index in [-0.39, 0.29) is 23.5 Å². The standard InChI is InChI=1S/C20H19FN2O2S/c1-12-9-15(13(2)23(12)17-7-8-17)10-18-19(24)22(20(25)26-18)11-14-3-5-16(21)6-4-14/h3-6,9-10,17H,7-8,11H2,1-2H3/b18-10-. The van der Waals surface area contributed by atoms with Gasteiger partial charge in [0.2, 0.25) is 0 Å². The largest absolute Gasteiger partial charge is 0.346 e. The molecule has 26 heavy (non-hydrogen) atoms. The van der Waals surface area contributed by atoms with Crippen molar-refractivity contribution in [3.8, 4) is 0 Å². The summed E-state index contributed by atoms with van der Waals surface area (Å²) in [4.78, 5) is 26.6. The zero-order chi connectivity index (χ0) is 18.4. The summed E-state index contributed by atoms with van der Waals surface area (Å²) in [6, 6.07) is 8.48. The highest BCUT2D eigenvalue weighted by molar-refractivity contribution is 8.18. The second-order valence-corrected chi connectivity index (χ2v) is 7.82. The Hall–Kier alpha value is -2.34. The van der Waals surface area contributed by atoms with Crippen LogP contribution in [-0.4, -0.2) is 20.6 Å². The number of aryl methyl sites for hydroxylation is 1. The molecule has 0 spiro atoms. The number of amides is 2. The van der Waals surface area contributed by atoms with Crippen molar-refractivity contribution in [3.05, 3.63) is 63.6 Å². The van der Waals surface area contributed by atoms with Crippen molar-refractivity contribution in [2.45, 2.75) is 39.3 Å². The van der Waals surface area contributed by atoms with Gasteiger partial charge in [-0.2, -0.15) is 0 Å². The van der Waals surface area contributed by atoms with Gasteiger partial charge >= 0.3 is 0 Å². The fourth-order valence-corrected chi connectivity index (χ4v) is 4.22. The lowest BCUT2D eigenvalue weighted by atomic mass is 10.2. The monoisotopic (exact) mass is 370 g/mol. The molecule has 4 nitrogen and oxygen atoms in total. The quantitative estimate of drug-likeness (QED) is 0.725. The van der Waals surface area contributed by atoms with E-state index in [0.29, 0.717) is 10.9 Å². The molecule has 0 unspecified atom stereocenters. The van der Waals surface area contributed by atoms with Crippen LogP contribution in [0.15, 0.2) is 35.2 Å². The molecule has 0 radical (unpaired) electrons. The van der Waals surface area contributed by atoms with Crippen LogP contribution in [0.1, 0.15) is 41.4 Å². The maximum atomic E-state index is 13.0. The number of benzene rings is 1. The second kappa shape index (κ2) is 6.43. The predicted molar refractivity (Wildman–Crippen MR) is 100 cm³/mol. The first-order chi connectivity index (χ1) is 12.4. The molecule has 1 aliphatic heterocycles. The van der Waals surface area contributed by atoms with Gasteiger partial charge in [-0.15, -0.1) is 0 Å². The van der Waals surface area contributed by atoms with Gasteiger partial charge in [0.15, 0.2) is 0 Å². The van der Waals surface area contributed by atoms with E-state index in [1.807, 2.05) is 6.08 Å². The Morgan fingerprint density at radius 2 is 1.88 bits per heavy atom. The molecule has 1 aromatic carbocycles. The molecule has 0 N–H and O–H groups in total. The third-order valence-corrected chi connectivity index (χ3v) is 5.76. The van der Waals surface area contributed by atoms with E-state index in [2.05, 4.69) is 24.5 Å². The van der Waals surface area contributed by atoms with E-state index in [1.54, 1.807) is 12.1 Å².